The highest BCUT2D eigenvalue weighted by Gasteiger charge is 2.20. The van der Waals surface area contributed by atoms with Crippen molar-refractivity contribution in [3.63, 3.8) is 0 Å². The summed E-state index contributed by atoms with van der Waals surface area (Å²) in [5, 5.41) is 6.11. The fraction of sp³-hybridized carbons (Fsp3) is 0.545. The number of hydrogen-bond donors (Lipinski definition) is 2. The fourth-order valence-electron chi connectivity index (χ4n) is 1.81. The van der Waals surface area contributed by atoms with E-state index >= 15 is 0 Å². The van der Waals surface area contributed by atoms with Crippen LogP contribution in [-0.4, -0.2) is 19.0 Å². The minimum Gasteiger partial charge on any atom is -0.467 e. The van der Waals surface area contributed by atoms with Crippen molar-refractivity contribution in [3.05, 3.63) is 24.2 Å². The average Bonchev–Trinajstić information content (AvgIpc) is 2.80. The maximum atomic E-state index is 11.7. The molecule has 1 atom stereocenters. The molecular weight excluding hydrogens is 192 g/mol. The Kier molecular flexibility index (Phi) is 3.40. The molecule has 82 valence electrons. The zero-order valence-corrected chi connectivity index (χ0v) is 8.66. The minimum absolute atomic E-state index is 0.119. The summed E-state index contributed by atoms with van der Waals surface area (Å²) in [6.45, 7) is 2.31. The van der Waals surface area contributed by atoms with Crippen molar-refractivity contribution in [1.82, 2.24) is 10.6 Å². The van der Waals surface area contributed by atoms with Crippen LogP contribution in [0.3, 0.4) is 0 Å². The van der Waals surface area contributed by atoms with Crippen LogP contribution in [0, 0.1) is 5.92 Å². The summed E-state index contributed by atoms with van der Waals surface area (Å²) in [6.07, 6.45) is 3.68. The van der Waals surface area contributed by atoms with Gasteiger partial charge in [0.2, 0.25) is 5.91 Å². The lowest BCUT2D eigenvalue weighted by Gasteiger charge is -2.21. The predicted molar refractivity (Wildman–Crippen MR) is 56.1 cm³/mol. The standard InChI is InChI=1S/C11H16N2O2/c14-11(9-3-1-5-12-7-9)13-8-10-4-2-6-15-10/h2,4,6,9,12H,1,3,5,7-8H2,(H,13,14)/t9-/m0/s1. The van der Waals surface area contributed by atoms with Gasteiger partial charge in [-0.15, -0.1) is 0 Å². The Morgan fingerprint density at radius 3 is 3.27 bits per heavy atom. The Morgan fingerprint density at radius 2 is 2.60 bits per heavy atom. The molecule has 0 saturated carbocycles. The molecule has 2 heterocycles. The Hall–Kier alpha value is -1.29. The first-order valence-electron chi connectivity index (χ1n) is 5.37. The number of amides is 1. The molecule has 0 radical (unpaired) electrons. The molecule has 1 aromatic heterocycles. The van der Waals surface area contributed by atoms with Gasteiger partial charge in [-0.2, -0.15) is 0 Å². The lowest BCUT2D eigenvalue weighted by atomic mass is 9.99. The van der Waals surface area contributed by atoms with E-state index in [2.05, 4.69) is 10.6 Å². The number of rotatable bonds is 3. The number of furan rings is 1. The van der Waals surface area contributed by atoms with Gasteiger partial charge in [-0.25, -0.2) is 0 Å². The van der Waals surface area contributed by atoms with Gasteiger partial charge in [0, 0.05) is 6.54 Å². The van der Waals surface area contributed by atoms with Crippen LogP contribution in [0.4, 0.5) is 0 Å². The van der Waals surface area contributed by atoms with Crippen LogP contribution in [0.15, 0.2) is 22.8 Å². The van der Waals surface area contributed by atoms with Crippen LogP contribution in [0.25, 0.3) is 0 Å². The first kappa shape index (κ1) is 10.2. The summed E-state index contributed by atoms with van der Waals surface area (Å²) in [4.78, 5) is 11.7. The maximum Gasteiger partial charge on any atom is 0.224 e. The van der Waals surface area contributed by atoms with E-state index in [0.717, 1.165) is 31.7 Å². The van der Waals surface area contributed by atoms with Gasteiger partial charge in [0.25, 0.3) is 0 Å². The smallest absolute Gasteiger partial charge is 0.224 e. The second-order valence-corrected chi connectivity index (χ2v) is 3.84. The summed E-state index contributed by atoms with van der Waals surface area (Å²) < 4.78 is 5.14. The highest BCUT2D eigenvalue weighted by molar-refractivity contribution is 5.78. The van der Waals surface area contributed by atoms with E-state index in [-0.39, 0.29) is 11.8 Å². The predicted octanol–water partition coefficient (Wildman–Crippen LogP) is 0.895. The third-order valence-corrected chi connectivity index (χ3v) is 2.68. The first-order valence-corrected chi connectivity index (χ1v) is 5.37. The van der Waals surface area contributed by atoms with Crippen molar-refractivity contribution in [1.29, 1.82) is 0 Å². The monoisotopic (exact) mass is 208 g/mol. The summed E-state index contributed by atoms with van der Waals surface area (Å²) >= 11 is 0. The van der Waals surface area contributed by atoms with Gasteiger partial charge in [0.1, 0.15) is 5.76 Å². The van der Waals surface area contributed by atoms with Gasteiger partial charge in [0.15, 0.2) is 0 Å². The van der Waals surface area contributed by atoms with Crippen LogP contribution < -0.4 is 10.6 Å². The number of nitrogens with one attached hydrogen (secondary N) is 2. The first-order chi connectivity index (χ1) is 7.36. The topological polar surface area (TPSA) is 54.3 Å². The minimum atomic E-state index is 0.119. The molecule has 2 rings (SSSR count). The maximum absolute atomic E-state index is 11.7. The second kappa shape index (κ2) is 4.98. The molecule has 0 aromatic carbocycles. The van der Waals surface area contributed by atoms with E-state index in [1.165, 1.54) is 0 Å². The van der Waals surface area contributed by atoms with Crippen LogP contribution in [-0.2, 0) is 11.3 Å². The van der Waals surface area contributed by atoms with Gasteiger partial charge in [-0.3, -0.25) is 4.79 Å². The molecular formula is C11H16N2O2. The van der Waals surface area contributed by atoms with Crippen LogP contribution in [0.2, 0.25) is 0 Å². The average molecular weight is 208 g/mol. The number of hydrogen-bond acceptors (Lipinski definition) is 3. The van der Waals surface area contributed by atoms with Crippen molar-refractivity contribution >= 4 is 5.91 Å². The number of carbonyl (C=O) groups is 1. The Bertz CT molecular complexity index is 302. The normalized spacial score (nSPS) is 21.2. The largest absolute Gasteiger partial charge is 0.467 e. The van der Waals surface area contributed by atoms with Crippen LogP contribution in [0.1, 0.15) is 18.6 Å². The third-order valence-electron chi connectivity index (χ3n) is 2.68. The highest BCUT2D eigenvalue weighted by Crippen LogP contribution is 2.10. The van der Waals surface area contributed by atoms with E-state index in [9.17, 15) is 4.79 Å². The van der Waals surface area contributed by atoms with Crippen LogP contribution in [0.5, 0.6) is 0 Å². The molecule has 4 heteroatoms. The summed E-state index contributed by atoms with van der Waals surface area (Å²) in [5.41, 5.74) is 0. The molecule has 4 nitrogen and oxygen atoms in total. The Labute approximate surface area is 89.0 Å². The van der Waals surface area contributed by atoms with Gasteiger partial charge in [-0.05, 0) is 31.5 Å². The zero-order valence-electron chi connectivity index (χ0n) is 8.66. The Morgan fingerprint density at radius 1 is 1.67 bits per heavy atom. The van der Waals surface area contributed by atoms with E-state index in [1.54, 1.807) is 6.26 Å². The lowest BCUT2D eigenvalue weighted by molar-refractivity contribution is -0.125. The molecule has 1 fully saturated rings. The quantitative estimate of drug-likeness (QED) is 0.775. The van der Waals surface area contributed by atoms with Crippen LogP contribution >= 0.6 is 0 Å². The number of piperidine rings is 1. The number of carbonyl (C=O) groups excluding carboxylic acids is 1. The van der Waals surface area contributed by atoms with Crippen molar-refractivity contribution in [2.75, 3.05) is 13.1 Å². The molecule has 0 spiro atoms. The molecule has 0 bridgehead atoms. The molecule has 1 aromatic rings. The van der Waals surface area contributed by atoms with Gasteiger partial charge >= 0.3 is 0 Å². The summed E-state index contributed by atoms with van der Waals surface area (Å²) in [7, 11) is 0. The van der Waals surface area contributed by atoms with Crippen molar-refractivity contribution in [2.24, 2.45) is 5.92 Å². The molecule has 0 unspecified atom stereocenters. The molecule has 2 N–H and O–H groups in total. The SMILES string of the molecule is O=C(NCc1ccco1)[C@H]1CCCNC1. The fourth-order valence-corrected chi connectivity index (χ4v) is 1.81. The highest BCUT2D eigenvalue weighted by atomic mass is 16.3. The van der Waals surface area contributed by atoms with E-state index in [0.29, 0.717) is 6.54 Å². The van der Waals surface area contributed by atoms with Crippen molar-refractivity contribution in [3.8, 4) is 0 Å². The second-order valence-electron chi connectivity index (χ2n) is 3.84. The van der Waals surface area contributed by atoms with Gasteiger partial charge in [-0.1, -0.05) is 0 Å². The van der Waals surface area contributed by atoms with E-state index in [4.69, 9.17) is 4.42 Å². The Balaban J connectivity index is 1.76. The van der Waals surface area contributed by atoms with E-state index < -0.39 is 0 Å². The van der Waals surface area contributed by atoms with Gasteiger partial charge in [0.05, 0.1) is 18.7 Å². The summed E-state index contributed by atoms with van der Waals surface area (Å²) in [6, 6.07) is 3.68. The zero-order chi connectivity index (χ0) is 10.5. The molecule has 1 aliphatic heterocycles. The molecule has 0 aliphatic carbocycles. The molecule has 1 amide bonds. The van der Waals surface area contributed by atoms with Crippen molar-refractivity contribution in [2.45, 2.75) is 19.4 Å². The van der Waals surface area contributed by atoms with Crippen molar-refractivity contribution < 1.29 is 9.21 Å². The van der Waals surface area contributed by atoms with Gasteiger partial charge < -0.3 is 15.1 Å². The van der Waals surface area contributed by atoms with E-state index in [1.807, 2.05) is 12.1 Å². The third kappa shape index (κ3) is 2.83. The summed E-state index contributed by atoms with van der Waals surface area (Å²) in [5.74, 6) is 1.04. The molecule has 1 aliphatic rings. The molecule has 15 heavy (non-hydrogen) atoms. The molecule has 1 saturated heterocycles. The lowest BCUT2D eigenvalue weighted by Crippen LogP contribution is -2.40.